The fourth-order valence-corrected chi connectivity index (χ4v) is 6.11. The van der Waals surface area contributed by atoms with Crippen LogP contribution in [-0.2, 0) is 26.2 Å². The zero-order chi connectivity index (χ0) is 31.5. The number of benzene rings is 4. The molecule has 1 atom stereocenters. The standard InChI is InChI=1S/C34H36ClN3O5S/c1-3-4-23-36-34(40)26(2)37(24-27-13-11-12-18-32(27)35)33(39)25-38(44(41,42)31-16-9-6-10-17-31)28-19-21-30(22-20-28)43-29-14-7-5-8-15-29/h5-22,26H,3-4,23-25H2,1-2H3,(H,36,40)/t26-/m1/s1. The smallest absolute Gasteiger partial charge is 0.264 e. The third-order valence-corrected chi connectivity index (χ3v) is 9.17. The van der Waals surface area contributed by atoms with E-state index in [1.165, 1.54) is 17.0 Å². The molecule has 10 heteroatoms. The van der Waals surface area contributed by atoms with Crippen molar-refractivity contribution in [2.45, 2.75) is 44.2 Å². The van der Waals surface area contributed by atoms with Crippen molar-refractivity contribution >= 4 is 39.1 Å². The monoisotopic (exact) mass is 633 g/mol. The van der Waals surface area contributed by atoms with Crippen LogP contribution in [0.5, 0.6) is 11.5 Å². The van der Waals surface area contributed by atoms with Crippen LogP contribution < -0.4 is 14.4 Å². The Bertz CT molecular complexity index is 1630. The second-order valence-corrected chi connectivity index (χ2v) is 12.4. The molecule has 44 heavy (non-hydrogen) atoms. The third kappa shape index (κ3) is 8.39. The van der Waals surface area contributed by atoms with Crippen molar-refractivity contribution in [2.24, 2.45) is 0 Å². The van der Waals surface area contributed by atoms with E-state index < -0.39 is 28.5 Å². The third-order valence-electron chi connectivity index (χ3n) is 7.01. The molecule has 0 saturated carbocycles. The summed E-state index contributed by atoms with van der Waals surface area (Å²) in [5, 5.41) is 3.31. The Morgan fingerprint density at radius 3 is 2.07 bits per heavy atom. The first kappa shape index (κ1) is 32.6. The molecule has 2 amide bonds. The molecule has 0 fully saturated rings. The molecule has 4 rings (SSSR count). The number of carbonyl (C=O) groups is 2. The Morgan fingerprint density at radius 1 is 0.841 bits per heavy atom. The van der Waals surface area contributed by atoms with Gasteiger partial charge in [-0.25, -0.2) is 8.42 Å². The van der Waals surface area contributed by atoms with E-state index in [0.717, 1.165) is 17.1 Å². The average molecular weight is 634 g/mol. The van der Waals surface area contributed by atoms with Crippen molar-refractivity contribution in [3.8, 4) is 11.5 Å². The number of para-hydroxylation sites is 1. The fourth-order valence-electron chi connectivity index (χ4n) is 4.48. The zero-order valence-electron chi connectivity index (χ0n) is 24.7. The van der Waals surface area contributed by atoms with Gasteiger partial charge in [0, 0.05) is 18.1 Å². The van der Waals surface area contributed by atoms with E-state index >= 15 is 0 Å². The zero-order valence-corrected chi connectivity index (χ0v) is 26.3. The van der Waals surface area contributed by atoms with Gasteiger partial charge in [0.2, 0.25) is 11.8 Å². The maximum atomic E-state index is 14.1. The summed E-state index contributed by atoms with van der Waals surface area (Å²) in [5.74, 6) is 0.234. The Balaban J connectivity index is 1.68. The van der Waals surface area contributed by atoms with Gasteiger partial charge in [-0.3, -0.25) is 13.9 Å². The maximum absolute atomic E-state index is 14.1. The molecule has 0 unspecified atom stereocenters. The summed E-state index contributed by atoms with van der Waals surface area (Å²) < 4.78 is 34.9. The van der Waals surface area contributed by atoms with Crippen LogP contribution in [-0.4, -0.2) is 44.3 Å². The summed E-state index contributed by atoms with van der Waals surface area (Å²) in [4.78, 5) is 28.6. The van der Waals surface area contributed by atoms with Gasteiger partial charge in [-0.1, -0.05) is 79.5 Å². The highest BCUT2D eigenvalue weighted by molar-refractivity contribution is 7.92. The second kappa shape index (κ2) is 15.4. The fraction of sp³-hybridized carbons (Fsp3) is 0.235. The summed E-state index contributed by atoms with van der Waals surface area (Å²) in [6.45, 7) is 3.59. The number of nitrogens with zero attached hydrogens (tertiary/aromatic N) is 2. The number of anilines is 1. The largest absolute Gasteiger partial charge is 0.457 e. The van der Waals surface area contributed by atoms with E-state index in [4.69, 9.17) is 16.3 Å². The predicted octanol–water partition coefficient (Wildman–Crippen LogP) is 6.66. The van der Waals surface area contributed by atoms with E-state index in [9.17, 15) is 18.0 Å². The van der Waals surface area contributed by atoms with Crippen LogP contribution in [0.15, 0.2) is 114 Å². The first-order chi connectivity index (χ1) is 21.2. The lowest BCUT2D eigenvalue weighted by Gasteiger charge is -2.32. The Labute approximate surface area is 264 Å². The number of sulfonamides is 1. The number of carbonyl (C=O) groups excluding carboxylic acids is 2. The molecule has 0 aliphatic rings. The summed E-state index contributed by atoms with van der Waals surface area (Å²) in [5.41, 5.74) is 0.899. The van der Waals surface area contributed by atoms with E-state index in [1.54, 1.807) is 73.7 Å². The quantitative estimate of drug-likeness (QED) is 0.157. The highest BCUT2D eigenvalue weighted by Gasteiger charge is 2.32. The van der Waals surface area contributed by atoms with Crippen LogP contribution >= 0.6 is 11.6 Å². The molecule has 0 heterocycles. The van der Waals surface area contributed by atoms with Crippen molar-refractivity contribution in [1.82, 2.24) is 10.2 Å². The average Bonchev–Trinajstić information content (AvgIpc) is 3.04. The normalized spacial score (nSPS) is 11.8. The lowest BCUT2D eigenvalue weighted by molar-refractivity contribution is -0.139. The highest BCUT2D eigenvalue weighted by Crippen LogP contribution is 2.29. The van der Waals surface area contributed by atoms with Crippen molar-refractivity contribution in [3.05, 3.63) is 120 Å². The van der Waals surface area contributed by atoms with Crippen LogP contribution in [0.25, 0.3) is 0 Å². The molecule has 4 aromatic carbocycles. The molecule has 1 N–H and O–H groups in total. The van der Waals surface area contributed by atoms with Crippen LogP contribution in [0.2, 0.25) is 5.02 Å². The van der Waals surface area contributed by atoms with Gasteiger partial charge in [-0.15, -0.1) is 0 Å². The molecular weight excluding hydrogens is 598 g/mol. The molecule has 0 radical (unpaired) electrons. The van der Waals surface area contributed by atoms with E-state index in [-0.39, 0.29) is 23.0 Å². The summed E-state index contributed by atoms with van der Waals surface area (Å²) in [6, 6.07) is 29.7. The number of nitrogens with one attached hydrogen (secondary N) is 1. The Kier molecular flexibility index (Phi) is 11.4. The minimum absolute atomic E-state index is 0.0178. The first-order valence-corrected chi connectivity index (χ1v) is 16.2. The van der Waals surface area contributed by atoms with Gasteiger partial charge in [-0.05, 0) is 73.5 Å². The molecule has 230 valence electrons. The predicted molar refractivity (Wildman–Crippen MR) is 173 cm³/mol. The van der Waals surface area contributed by atoms with Crippen molar-refractivity contribution in [3.63, 3.8) is 0 Å². The van der Waals surface area contributed by atoms with E-state index in [2.05, 4.69) is 5.32 Å². The lowest BCUT2D eigenvalue weighted by atomic mass is 10.1. The summed E-state index contributed by atoms with van der Waals surface area (Å²) in [6.07, 6.45) is 1.70. The number of rotatable bonds is 14. The minimum atomic E-state index is -4.18. The highest BCUT2D eigenvalue weighted by atomic mass is 35.5. The maximum Gasteiger partial charge on any atom is 0.264 e. The van der Waals surface area contributed by atoms with Gasteiger partial charge in [0.05, 0.1) is 10.6 Å². The lowest BCUT2D eigenvalue weighted by Crippen LogP contribution is -2.51. The van der Waals surface area contributed by atoms with Crippen molar-refractivity contribution in [1.29, 1.82) is 0 Å². The van der Waals surface area contributed by atoms with Crippen LogP contribution in [0.4, 0.5) is 5.69 Å². The molecule has 8 nitrogen and oxygen atoms in total. The van der Waals surface area contributed by atoms with Gasteiger partial charge in [0.15, 0.2) is 0 Å². The van der Waals surface area contributed by atoms with E-state index in [0.29, 0.717) is 28.6 Å². The van der Waals surface area contributed by atoms with Gasteiger partial charge in [0.25, 0.3) is 10.0 Å². The topological polar surface area (TPSA) is 96.0 Å². The molecule has 0 aromatic heterocycles. The van der Waals surface area contributed by atoms with Crippen LogP contribution in [0, 0.1) is 0 Å². The number of hydrogen-bond donors (Lipinski definition) is 1. The number of amides is 2. The summed E-state index contributed by atoms with van der Waals surface area (Å²) in [7, 11) is -4.18. The first-order valence-electron chi connectivity index (χ1n) is 14.4. The van der Waals surface area contributed by atoms with Gasteiger partial charge >= 0.3 is 0 Å². The Morgan fingerprint density at radius 2 is 1.43 bits per heavy atom. The number of hydrogen-bond acceptors (Lipinski definition) is 5. The molecule has 0 spiro atoms. The van der Waals surface area contributed by atoms with Gasteiger partial charge in [-0.2, -0.15) is 0 Å². The number of ether oxygens (including phenoxy) is 1. The van der Waals surface area contributed by atoms with Crippen LogP contribution in [0.3, 0.4) is 0 Å². The Hall–Kier alpha value is -4.34. The molecule has 0 aliphatic heterocycles. The molecule has 0 bridgehead atoms. The second-order valence-electron chi connectivity index (χ2n) is 10.2. The van der Waals surface area contributed by atoms with Crippen LogP contribution in [0.1, 0.15) is 32.3 Å². The van der Waals surface area contributed by atoms with Gasteiger partial charge < -0.3 is 15.0 Å². The van der Waals surface area contributed by atoms with E-state index in [1.807, 2.05) is 37.3 Å². The molecular formula is C34H36ClN3O5S. The van der Waals surface area contributed by atoms with Crippen molar-refractivity contribution < 1.29 is 22.7 Å². The summed E-state index contributed by atoms with van der Waals surface area (Å²) >= 11 is 6.43. The number of halogens is 1. The molecule has 4 aromatic rings. The van der Waals surface area contributed by atoms with Gasteiger partial charge in [0.1, 0.15) is 24.1 Å². The van der Waals surface area contributed by atoms with Crippen molar-refractivity contribution in [2.75, 3.05) is 17.4 Å². The molecule has 0 aliphatic carbocycles. The number of unbranched alkanes of at least 4 members (excludes halogenated alkanes) is 1. The SMILES string of the molecule is CCCCNC(=O)[C@@H](C)N(Cc1ccccc1Cl)C(=O)CN(c1ccc(Oc2ccccc2)cc1)S(=O)(=O)c1ccccc1. The molecule has 0 saturated heterocycles. The minimum Gasteiger partial charge on any atom is -0.457 e.